The highest BCUT2D eigenvalue weighted by Gasteiger charge is 2.49. The standard InChI is InChI=1S/C16H16ClN/c17-15(12-14-8-4-5-11-18-14)16(9-10-16)13-6-2-1-3-7-13/h1-8,11,15H,9-10,12H2. The first-order valence-corrected chi connectivity index (χ1v) is 6.84. The maximum Gasteiger partial charge on any atom is 0.0488 e. The Hall–Kier alpha value is -1.34. The fourth-order valence-corrected chi connectivity index (χ4v) is 3.09. The second-order valence-corrected chi connectivity index (χ2v) is 5.54. The number of rotatable bonds is 4. The van der Waals surface area contributed by atoms with Crippen LogP contribution in [0.25, 0.3) is 0 Å². The predicted octanol–water partition coefficient (Wildman–Crippen LogP) is 3.96. The predicted molar refractivity (Wildman–Crippen MR) is 74.9 cm³/mol. The van der Waals surface area contributed by atoms with Crippen molar-refractivity contribution < 1.29 is 0 Å². The minimum absolute atomic E-state index is 0.134. The van der Waals surface area contributed by atoms with Crippen molar-refractivity contribution in [2.24, 2.45) is 0 Å². The van der Waals surface area contributed by atoms with Gasteiger partial charge < -0.3 is 0 Å². The van der Waals surface area contributed by atoms with Gasteiger partial charge in [0, 0.05) is 29.1 Å². The van der Waals surface area contributed by atoms with Gasteiger partial charge in [0.1, 0.15) is 0 Å². The van der Waals surface area contributed by atoms with Crippen LogP contribution in [0.4, 0.5) is 0 Å². The fourth-order valence-electron chi connectivity index (χ4n) is 2.59. The van der Waals surface area contributed by atoms with Crippen LogP contribution in [0.3, 0.4) is 0 Å². The Balaban J connectivity index is 1.79. The molecular weight excluding hydrogens is 242 g/mol. The van der Waals surface area contributed by atoms with Crippen LogP contribution in [-0.4, -0.2) is 10.4 Å². The summed E-state index contributed by atoms with van der Waals surface area (Å²) in [5.41, 5.74) is 2.64. The molecule has 0 N–H and O–H groups in total. The van der Waals surface area contributed by atoms with Gasteiger partial charge in [-0.05, 0) is 30.5 Å². The number of pyridine rings is 1. The maximum absolute atomic E-state index is 6.66. The van der Waals surface area contributed by atoms with E-state index in [1.807, 2.05) is 18.3 Å². The average Bonchev–Trinajstić information content (AvgIpc) is 3.22. The molecule has 1 fully saturated rings. The molecule has 0 saturated heterocycles. The highest BCUT2D eigenvalue weighted by molar-refractivity contribution is 6.22. The zero-order chi connectivity index (χ0) is 12.4. The third-order valence-electron chi connectivity index (χ3n) is 3.85. The third kappa shape index (κ3) is 2.15. The van der Waals surface area contributed by atoms with E-state index in [4.69, 9.17) is 11.6 Å². The van der Waals surface area contributed by atoms with E-state index in [9.17, 15) is 0 Å². The maximum atomic E-state index is 6.66. The summed E-state index contributed by atoms with van der Waals surface area (Å²) in [6.45, 7) is 0. The summed E-state index contributed by atoms with van der Waals surface area (Å²) in [6, 6.07) is 16.7. The molecule has 0 radical (unpaired) electrons. The first-order chi connectivity index (χ1) is 8.81. The van der Waals surface area contributed by atoms with Gasteiger partial charge in [0.15, 0.2) is 0 Å². The smallest absolute Gasteiger partial charge is 0.0488 e. The molecule has 1 unspecified atom stereocenters. The van der Waals surface area contributed by atoms with E-state index in [2.05, 4.69) is 41.4 Å². The van der Waals surface area contributed by atoms with Gasteiger partial charge in [-0.15, -0.1) is 11.6 Å². The summed E-state index contributed by atoms with van der Waals surface area (Å²) in [4.78, 5) is 4.37. The molecule has 2 heteroatoms. The molecule has 1 saturated carbocycles. The van der Waals surface area contributed by atoms with Gasteiger partial charge in [0.2, 0.25) is 0 Å². The first-order valence-electron chi connectivity index (χ1n) is 6.41. The topological polar surface area (TPSA) is 12.9 Å². The quantitative estimate of drug-likeness (QED) is 0.756. The van der Waals surface area contributed by atoms with Crippen molar-refractivity contribution in [1.82, 2.24) is 4.98 Å². The molecule has 1 aliphatic rings. The van der Waals surface area contributed by atoms with Crippen molar-refractivity contribution in [2.45, 2.75) is 30.1 Å². The molecule has 1 atom stereocenters. The highest BCUT2D eigenvalue weighted by atomic mass is 35.5. The number of hydrogen-bond donors (Lipinski definition) is 0. The van der Waals surface area contributed by atoms with E-state index in [1.54, 1.807) is 0 Å². The van der Waals surface area contributed by atoms with E-state index in [0.29, 0.717) is 0 Å². The van der Waals surface area contributed by atoms with Gasteiger partial charge >= 0.3 is 0 Å². The molecule has 1 heterocycles. The van der Waals surface area contributed by atoms with Crippen molar-refractivity contribution in [2.75, 3.05) is 0 Å². The number of hydrogen-bond acceptors (Lipinski definition) is 1. The van der Waals surface area contributed by atoms with Crippen LogP contribution in [-0.2, 0) is 11.8 Å². The van der Waals surface area contributed by atoms with Crippen molar-refractivity contribution in [3.63, 3.8) is 0 Å². The molecule has 1 nitrogen and oxygen atoms in total. The number of aromatic nitrogens is 1. The van der Waals surface area contributed by atoms with Crippen LogP contribution >= 0.6 is 11.6 Å². The number of halogens is 1. The molecule has 0 bridgehead atoms. The summed E-state index contributed by atoms with van der Waals surface area (Å²) in [5.74, 6) is 0. The fraction of sp³-hybridized carbons (Fsp3) is 0.312. The van der Waals surface area contributed by atoms with Gasteiger partial charge in [-0.2, -0.15) is 0 Å². The van der Waals surface area contributed by atoms with E-state index < -0.39 is 0 Å². The van der Waals surface area contributed by atoms with Gasteiger partial charge in [-0.1, -0.05) is 36.4 Å². The average molecular weight is 258 g/mol. The summed E-state index contributed by atoms with van der Waals surface area (Å²) in [7, 11) is 0. The Morgan fingerprint density at radius 1 is 1.06 bits per heavy atom. The number of benzene rings is 1. The second-order valence-electron chi connectivity index (χ2n) is 5.01. The van der Waals surface area contributed by atoms with Crippen LogP contribution < -0.4 is 0 Å². The molecule has 1 aliphatic carbocycles. The minimum atomic E-state index is 0.134. The van der Waals surface area contributed by atoms with Gasteiger partial charge in [0.25, 0.3) is 0 Å². The lowest BCUT2D eigenvalue weighted by Gasteiger charge is -2.21. The van der Waals surface area contributed by atoms with Gasteiger partial charge in [-0.3, -0.25) is 4.98 Å². The Kier molecular flexibility index (Phi) is 3.09. The first kappa shape index (κ1) is 11.7. The third-order valence-corrected chi connectivity index (χ3v) is 4.42. The number of alkyl halides is 1. The Morgan fingerprint density at radius 3 is 2.39 bits per heavy atom. The normalized spacial score (nSPS) is 18.3. The van der Waals surface area contributed by atoms with E-state index in [-0.39, 0.29) is 10.8 Å². The van der Waals surface area contributed by atoms with Crippen LogP contribution in [0.15, 0.2) is 54.7 Å². The van der Waals surface area contributed by atoms with E-state index in [1.165, 1.54) is 18.4 Å². The molecule has 0 amide bonds. The van der Waals surface area contributed by atoms with Crippen LogP contribution in [0, 0.1) is 0 Å². The van der Waals surface area contributed by atoms with Crippen molar-refractivity contribution in [1.29, 1.82) is 0 Å². The zero-order valence-corrected chi connectivity index (χ0v) is 11.0. The minimum Gasteiger partial charge on any atom is -0.261 e. The van der Waals surface area contributed by atoms with Gasteiger partial charge in [0.05, 0.1) is 0 Å². The van der Waals surface area contributed by atoms with Crippen molar-refractivity contribution in [3.05, 3.63) is 66.0 Å². The molecule has 0 aliphatic heterocycles. The molecule has 1 aromatic heterocycles. The zero-order valence-electron chi connectivity index (χ0n) is 10.2. The van der Waals surface area contributed by atoms with Crippen molar-refractivity contribution >= 4 is 11.6 Å². The SMILES string of the molecule is ClC(Cc1ccccn1)C1(c2ccccc2)CC1. The molecule has 2 aromatic rings. The molecule has 92 valence electrons. The summed E-state index contributed by atoms with van der Waals surface area (Å²) in [6.07, 6.45) is 5.06. The summed E-state index contributed by atoms with van der Waals surface area (Å²) < 4.78 is 0. The molecule has 1 aromatic carbocycles. The Labute approximate surface area is 113 Å². The largest absolute Gasteiger partial charge is 0.261 e. The van der Waals surface area contributed by atoms with Gasteiger partial charge in [-0.25, -0.2) is 0 Å². The Bertz CT molecular complexity index is 505. The molecule has 0 spiro atoms. The lowest BCUT2D eigenvalue weighted by atomic mass is 9.90. The highest BCUT2D eigenvalue weighted by Crippen LogP contribution is 2.53. The van der Waals surface area contributed by atoms with Crippen molar-refractivity contribution in [3.8, 4) is 0 Å². The lowest BCUT2D eigenvalue weighted by Crippen LogP contribution is -2.23. The molecule has 18 heavy (non-hydrogen) atoms. The Morgan fingerprint density at radius 2 is 1.78 bits per heavy atom. The van der Waals surface area contributed by atoms with E-state index >= 15 is 0 Å². The van der Waals surface area contributed by atoms with Crippen LogP contribution in [0.1, 0.15) is 24.1 Å². The summed E-state index contributed by atoms with van der Waals surface area (Å²) >= 11 is 6.66. The molecular formula is C16H16ClN. The molecule has 3 rings (SSSR count). The number of nitrogens with zero attached hydrogens (tertiary/aromatic N) is 1. The van der Waals surface area contributed by atoms with Crippen LogP contribution in [0.2, 0.25) is 0 Å². The lowest BCUT2D eigenvalue weighted by molar-refractivity contribution is 0.622. The summed E-state index contributed by atoms with van der Waals surface area (Å²) in [5, 5.41) is 0.134. The monoisotopic (exact) mass is 257 g/mol. The second kappa shape index (κ2) is 4.74. The van der Waals surface area contributed by atoms with E-state index in [0.717, 1.165) is 12.1 Å². The van der Waals surface area contributed by atoms with Crippen LogP contribution in [0.5, 0.6) is 0 Å².